The van der Waals surface area contributed by atoms with E-state index in [1.807, 2.05) is 6.08 Å². The second-order valence-corrected chi connectivity index (χ2v) is 5.94. The van der Waals surface area contributed by atoms with Crippen LogP contribution >= 0.6 is 0 Å². The van der Waals surface area contributed by atoms with Crippen LogP contribution in [0, 0.1) is 11.8 Å². The van der Waals surface area contributed by atoms with Crippen molar-refractivity contribution >= 4 is 0 Å². The summed E-state index contributed by atoms with van der Waals surface area (Å²) < 4.78 is 0. The molecule has 0 aromatic rings. The fourth-order valence-electron chi connectivity index (χ4n) is 3.02. The summed E-state index contributed by atoms with van der Waals surface area (Å²) in [6.45, 7) is 9.52. The molecular weight excluding hydrogens is 206 g/mol. The summed E-state index contributed by atoms with van der Waals surface area (Å²) in [7, 11) is 0. The van der Waals surface area contributed by atoms with Gasteiger partial charge in [0, 0.05) is 6.04 Å². The first-order valence-corrected chi connectivity index (χ1v) is 7.58. The zero-order valence-electron chi connectivity index (χ0n) is 11.9. The van der Waals surface area contributed by atoms with E-state index in [-0.39, 0.29) is 0 Å². The van der Waals surface area contributed by atoms with Crippen LogP contribution in [0.4, 0.5) is 0 Å². The van der Waals surface area contributed by atoms with E-state index in [1.165, 1.54) is 57.9 Å². The zero-order chi connectivity index (χ0) is 12.5. The minimum absolute atomic E-state index is 0.642. The van der Waals surface area contributed by atoms with Gasteiger partial charge in [0.2, 0.25) is 0 Å². The van der Waals surface area contributed by atoms with Crippen LogP contribution in [-0.4, -0.2) is 12.6 Å². The Morgan fingerprint density at radius 1 is 1.18 bits per heavy atom. The van der Waals surface area contributed by atoms with Gasteiger partial charge in [0.05, 0.1) is 0 Å². The molecule has 0 spiro atoms. The second-order valence-electron chi connectivity index (χ2n) is 5.94. The van der Waals surface area contributed by atoms with Crippen LogP contribution in [0.2, 0.25) is 0 Å². The molecule has 0 radical (unpaired) electrons. The topological polar surface area (TPSA) is 12.0 Å². The number of hydrogen-bond donors (Lipinski definition) is 1. The summed E-state index contributed by atoms with van der Waals surface area (Å²) in [5.41, 5.74) is 0. The van der Waals surface area contributed by atoms with Gasteiger partial charge >= 0.3 is 0 Å². The van der Waals surface area contributed by atoms with Crippen molar-refractivity contribution in [3.05, 3.63) is 12.7 Å². The predicted molar refractivity (Wildman–Crippen MR) is 77.3 cm³/mol. The maximum absolute atomic E-state index is 3.78. The molecule has 1 aliphatic rings. The van der Waals surface area contributed by atoms with Crippen molar-refractivity contribution in [3.63, 3.8) is 0 Å². The summed E-state index contributed by atoms with van der Waals surface area (Å²) in [5, 5.41) is 3.61. The van der Waals surface area contributed by atoms with E-state index in [0.717, 1.165) is 11.8 Å². The summed E-state index contributed by atoms with van der Waals surface area (Å²) in [6, 6.07) is 0.642. The number of rotatable bonds is 9. The van der Waals surface area contributed by atoms with Gasteiger partial charge in [-0.3, -0.25) is 0 Å². The van der Waals surface area contributed by atoms with Crippen molar-refractivity contribution < 1.29 is 0 Å². The Morgan fingerprint density at radius 3 is 2.65 bits per heavy atom. The molecule has 0 aliphatic heterocycles. The molecule has 1 N–H and O–H groups in total. The Bertz CT molecular complexity index is 198. The maximum Gasteiger partial charge on any atom is 0.00104 e. The molecule has 0 bridgehead atoms. The summed E-state index contributed by atoms with van der Waals surface area (Å²) in [4.78, 5) is 0. The van der Waals surface area contributed by atoms with Crippen molar-refractivity contribution in [2.75, 3.05) is 6.54 Å². The molecule has 2 atom stereocenters. The lowest BCUT2D eigenvalue weighted by Crippen LogP contribution is -2.30. The Kier molecular flexibility index (Phi) is 7.59. The fourth-order valence-corrected chi connectivity index (χ4v) is 3.02. The van der Waals surface area contributed by atoms with E-state index >= 15 is 0 Å². The maximum atomic E-state index is 3.78. The third-order valence-corrected chi connectivity index (χ3v) is 4.09. The SMILES string of the molecule is C=CCCCCCC1CCCC1CNC(C)C. The highest BCUT2D eigenvalue weighted by Gasteiger charge is 2.26. The monoisotopic (exact) mass is 237 g/mol. The van der Waals surface area contributed by atoms with Crippen molar-refractivity contribution in [3.8, 4) is 0 Å². The van der Waals surface area contributed by atoms with E-state index in [0.29, 0.717) is 6.04 Å². The third-order valence-electron chi connectivity index (χ3n) is 4.09. The number of nitrogens with one attached hydrogen (secondary N) is 1. The van der Waals surface area contributed by atoms with Gasteiger partial charge in [-0.25, -0.2) is 0 Å². The molecule has 1 heteroatoms. The highest BCUT2D eigenvalue weighted by Crippen LogP contribution is 2.35. The van der Waals surface area contributed by atoms with Crippen LogP contribution in [0.25, 0.3) is 0 Å². The van der Waals surface area contributed by atoms with Crippen molar-refractivity contribution in [1.29, 1.82) is 0 Å². The lowest BCUT2D eigenvalue weighted by Gasteiger charge is -2.21. The normalized spacial score (nSPS) is 24.4. The average molecular weight is 237 g/mol. The smallest absolute Gasteiger partial charge is 0.00104 e. The molecule has 100 valence electrons. The Labute approximate surface area is 108 Å². The first-order chi connectivity index (χ1) is 8.24. The minimum Gasteiger partial charge on any atom is -0.314 e. The van der Waals surface area contributed by atoms with Gasteiger partial charge in [0.1, 0.15) is 0 Å². The molecule has 0 amide bonds. The largest absolute Gasteiger partial charge is 0.314 e. The van der Waals surface area contributed by atoms with Gasteiger partial charge in [-0.2, -0.15) is 0 Å². The highest BCUT2D eigenvalue weighted by molar-refractivity contribution is 4.79. The Hall–Kier alpha value is -0.300. The number of allylic oxidation sites excluding steroid dienone is 1. The first kappa shape index (κ1) is 14.8. The summed E-state index contributed by atoms with van der Waals surface area (Å²) in [6.07, 6.45) is 13.3. The molecule has 0 aromatic heterocycles. The zero-order valence-corrected chi connectivity index (χ0v) is 11.9. The lowest BCUT2D eigenvalue weighted by atomic mass is 9.90. The predicted octanol–water partition coefficient (Wildman–Crippen LogP) is 4.54. The molecular formula is C16H31N. The van der Waals surface area contributed by atoms with Crippen molar-refractivity contribution in [2.24, 2.45) is 11.8 Å². The van der Waals surface area contributed by atoms with E-state index in [2.05, 4.69) is 25.7 Å². The molecule has 2 unspecified atom stereocenters. The number of unbranched alkanes of at least 4 members (excludes halogenated alkanes) is 3. The van der Waals surface area contributed by atoms with Gasteiger partial charge < -0.3 is 5.32 Å². The van der Waals surface area contributed by atoms with Crippen LogP contribution in [0.15, 0.2) is 12.7 Å². The molecule has 0 heterocycles. The highest BCUT2D eigenvalue weighted by atomic mass is 14.9. The van der Waals surface area contributed by atoms with Crippen LogP contribution in [-0.2, 0) is 0 Å². The Balaban J connectivity index is 2.11. The summed E-state index contributed by atoms with van der Waals surface area (Å²) in [5.74, 6) is 1.96. The average Bonchev–Trinajstić information content (AvgIpc) is 2.73. The lowest BCUT2D eigenvalue weighted by molar-refractivity contribution is 0.329. The van der Waals surface area contributed by atoms with Crippen molar-refractivity contribution in [2.45, 2.75) is 71.3 Å². The molecule has 17 heavy (non-hydrogen) atoms. The molecule has 1 aliphatic carbocycles. The van der Waals surface area contributed by atoms with Crippen LogP contribution in [0.5, 0.6) is 0 Å². The first-order valence-electron chi connectivity index (χ1n) is 7.58. The quantitative estimate of drug-likeness (QED) is 0.458. The van der Waals surface area contributed by atoms with E-state index in [9.17, 15) is 0 Å². The molecule has 1 fully saturated rings. The van der Waals surface area contributed by atoms with E-state index < -0.39 is 0 Å². The molecule has 0 aromatic carbocycles. The molecule has 1 rings (SSSR count). The fraction of sp³-hybridized carbons (Fsp3) is 0.875. The number of hydrogen-bond acceptors (Lipinski definition) is 1. The van der Waals surface area contributed by atoms with Crippen LogP contribution in [0.3, 0.4) is 0 Å². The van der Waals surface area contributed by atoms with E-state index in [1.54, 1.807) is 0 Å². The van der Waals surface area contributed by atoms with Gasteiger partial charge in [0.15, 0.2) is 0 Å². The minimum atomic E-state index is 0.642. The molecule has 1 nitrogen and oxygen atoms in total. The van der Waals surface area contributed by atoms with Crippen LogP contribution in [0.1, 0.15) is 65.2 Å². The molecule has 1 saturated carbocycles. The van der Waals surface area contributed by atoms with Gasteiger partial charge in [-0.05, 0) is 37.6 Å². The van der Waals surface area contributed by atoms with Gasteiger partial charge in [-0.15, -0.1) is 6.58 Å². The second kappa shape index (κ2) is 8.74. The van der Waals surface area contributed by atoms with Gasteiger partial charge in [0.25, 0.3) is 0 Å². The summed E-state index contributed by atoms with van der Waals surface area (Å²) >= 11 is 0. The molecule has 0 saturated heterocycles. The van der Waals surface area contributed by atoms with Gasteiger partial charge in [-0.1, -0.05) is 52.0 Å². The Morgan fingerprint density at radius 2 is 1.94 bits per heavy atom. The van der Waals surface area contributed by atoms with E-state index in [4.69, 9.17) is 0 Å². The van der Waals surface area contributed by atoms with Crippen molar-refractivity contribution in [1.82, 2.24) is 5.32 Å². The standard InChI is InChI=1S/C16H31N/c1-4-5-6-7-8-10-15-11-9-12-16(15)13-17-14(2)3/h4,14-17H,1,5-13H2,2-3H3. The third kappa shape index (κ3) is 6.26. The van der Waals surface area contributed by atoms with Crippen LogP contribution < -0.4 is 5.32 Å².